The number of phenolic OH excluding ortho intramolecular Hbond substituents is 1. The third-order valence-electron chi connectivity index (χ3n) is 4.62. The minimum Gasteiger partial charge on any atom is -0.508 e. The van der Waals surface area contributed by atoms with E-state index in [0.29, 0.717) is 24.3 Å². The first-order valence-electron chi connectivity index (χ1n) is 8.52. The highest BCUT2D eigenvalue weighted by Crippen LogP contribution is 2.14. The normalized spacial score (nSPS) is 15.2. The predicted octanol–water partition coefficient (Wildman–Crippen LogP) is -0.0359. The molecule has 26 heavy (non-hydrogen) atoms. The molecule has 3 N–H and O–H groups in total. The molecule has 1 fully saturated rings. The maximum atomic E-state index is 12.5. The Balaban J connectivity index is 1.57. The van der Waals surface area contributed by atoms with Gasteiger partial charge in [0.25, 0.3) is 5.56 Å². The van der Waals surface area contributed by atoms with Crippen LogP contribution >= 0.6 is 0 Å². The molecule has 0 spiro atoms. The number of carbonyl (C=O) groups excluding carboxylic acids is 1. The number of nitrogens with one attached hydrogen (secondary N) is 2. The molecule has 0 bridgehead atoms. The number of hydrogen-bond acceptors (Lipinski definition) is 5. The molecule has 0 unspecified atom stereocenters. The average Bonchev–Trinajstić information content (AvgIpc) is 2.58. The van der Waals surface area contributed by atoms with Crippen molar-refractivity contribution >= 4 is 5.91 Å². The fourth-order valence-electron chi connectivity index (χ4n) is 3.17. The Kier molecular flexibility index (Phi) is 5.22. The summed E-state index contributed by atoms with van der Waals surface area (Å²) in [6, 6.07) is 7.15. The van der Waals surface area contributed by atoms with Gasteiger partial charge in [0, 0.05) is 44.0 Å². The zero-order chi connectivity index (χ0) is 18.7. The quantitative estimate of drug-likeness (QED) is 0.711. The Hall–Kier alpha value is -2.87. The summed E-state index contributed by atoms with van der Waals surface area (Å²) in [7, 11) is 0. The summed E-state index contributed by atoms with van der Waals surface area (Å²) < 4.78 is 0. The van der Waals surface area contributed by atoms with Gasteiger partial charge >= 0.3 is 5.69 Å². The van der Waals surface area contributed by atoms with Crippen molar-refractivity contribution in [3.8, 4) is 5.75 Å². The van der Waals surface area contributed by atoms with Crippen LogP contribution in [0.3, 0.4) is 0 Å². The number of aryl methyl sites for hydroxylation is 1. The first-order valence-corrected chi connectivity index (χ1v) is 8.52. The second kappa shape index (κ2) is 7.57. The number of aromatic hydroxyl groups is 1. The molecule has 1 aliphatic rings. The second-order valence-electron chi connectivity index (χ2n) is 6.52. The maximum Gasteiger partial charge on any atom is 0.325 e. The molecule has 0 aliphatic carbocycles. The zero-order valence-electron chi connectivity index (χ0n) is 14.6. The second-order valence-corrected chi connectivity index (χ2v) is 6.52. The van der Waals surface area contributed by atoms with E-state index in [-0.39, 0.29) is 18.1 Å². The van der Waals surface area contributed by atoms with Crippen LogP contribution in [0, 0.1) is 6.92 Å². The van der Waals surface area contributed by atoms with Crippen LogP contribution in [0.2, 0.25) is 0 Å². The lowest BCUT2D eigenvalue weighted by molar-refractivity contribution is -0.132. The van der Waals surface area contributed by atoms with Crippen LogP contribution in [0.5, 0.6) is 5.75 Å². The van der Waals surface area contributed by atoms with E-state index < -0.39 is 11.2 Å². The first-order chi connectivity index (χ1) is 12.4. The highest BCUT2D eigenvalue weighted by Gasteiger charge is 2.22. The van der Waals surface area contributed by atoms with Gasteiger partial charge in [-0.3, -0.25) is 19.5 Å². The lowest BCUT2D eigenvalue weighted by atomic mass is 10.1. The van der Waals surface area contributed by atoms with E-state index in [2.05, 4.69) is 14.9 Å². The van der Waals surface area contributed by atoms with E-state index in [0.717, 1.165) is 25.2 Å². The van der Waals surface area contributed by atoms with Gasteiger partial charge in [-0.1, -0.05) is 12.1 Å². The maximum absolute atomic E-state index is 12.5. The number of aromatic amines is 2. The van der Waals surface area contributed by atoms with Gasteiger partial charge in [-0.15, -0.1) is 0 Å². The summed E-state index contributed by atoms with van der Waals surface area (Å²) in [5, 5.41) is 9.54. The molecule has 1 aliphatic heterocycles. The SMILES string of the molecule is Cc1[nH]c(=O)[nH]c(=O)c1CC(=O)N1CCN(Cc2cccc(O)c2)CC1. The summed E-state index contributed by atoms with van der Waals surface area (Å²) >= 11 is 0. The molecule has 138 valence electrons. The van der Waals surface area contributed by atoms with E-state index in [9.17, 15) is 19.5 Å². The Morgan fingerprint density at radius 1 is 1.15 bits per heavy atom. The molecule has 1 aromatic carbocycles. The number of hydrogen-bond donors (Lipinski definition) is 3. The molecule has 8 nitrogen and oxygen atoms in total. The highest BCUT2D eigenvalue weighted by molar-refractivity contribution is 5.79. The van der Waals surface area contributed by atoms with Crippen molar-refractivity contribution in [2.45, 2.75) is 19.9 Å². The summed E-state index contributed by atoms with van der Waals surface area (Å²) in [5.41, 5.74) is 0.679. The molecular weight excluding hydrogens is 336 g/mol. The van der Waals surface area contributed by atoms with Crippen LogP contribution in [-0.2, 0) is 17.8 Å². The van der Waals surface area contributed by atoms with Crippen LogP contribution in [0.4, 0.5) is 0 Å². The van der Waals surface area contributed by atoms with Crippen LogP contribution in [0.1, 0.15) is 16.8 Å². The number of benzene rings is 1. The largest absolute Gasteiger partial charge is 0.508 e. The molecule has 1 aromatic heterocycles. The Morgan fingerprint density at radius 3 is 2.54 bits per heavy atom. The number of rotatable bonds is 4. The Morgan fingerprint density at radius 2 is 1.88 bits per heavy atom. The van der Waals surface area contributed by atoms with E-state index in [1.54, 1.807) is 24.0 Å². The minimum absolute atomic E-state index is 0.0233. The monoisotopic (exact) mass is 358 g/mol. The van der Waals surface area contributed by atoms with Gasteiger partial charge in [0.2, 0.25) is 5.91 Å². The number of H-pyrrole nitrogens is 2. The van der Waals surface area contributed by atoms with Crippen LogP contribution in [0.25, 0.3) is 0 Å². The molecule has 2 aromatic rings. The molecular formula is C18H22N4O4. The van der Waals surface area contributed by atoms with Gasteiger partial charge in [0.1, 0.15) is 5.75 Å². The minimum atomic E-state index is -0.565. The Labute approximate surface area is 150 Å². The molecule has 2 heterocycles. The molecule has 1 amide bonds. The number of amides is 1. The van der Waals surface area contributed by atoms with Gasteiger partial charge < -0.3 is 15.0 Å². The fraction of sp³-hybridized carbons (Fsp3) is 0.389. The van der Waals surface area contributed by atoms with Crippen molar-refractivity contribution in [2.75, 3.05) is 26.2 Å². The van der Waals surface area contributed by atoms with E-state index in [1.165, 1.54) is 0 Å². The van der Waals surface area contributed by atoms with Crippen molar-refractivity contribution in [2.24, 2.45) is 0 Å². The number of carbonyl (C=O) groups is 1. The van der Waals surface area contributed by atoms with Crippen molar-refractivity contribution < 1.29 is 9.90 Å². The molecule has 0 radical (unpaired) electrons. The number of phenols is 1. The lowest BCUT2D eigenvalue weighted by Crippen LogP contribution is -2.49. The molecule has 1 saturated heterocycles. The van der Waals surface area contributed by atoms with Crippen molar-refractivity contribution in [1.82, 2.24) is 19.8 Å². The standard InChI is InChI=1S/C18H22N4O4/c1-12-15(17(25)20-18(26)19-12)10-16(24)22-7-5-21(6-8-22)11-13-3-2-4-14(23)9-13/h2-4,9,23H,5-8,10-11H2,1H3,(H2,19,20,25,26). The molecule has 0 atom stereocenters. The lowest BCUT2D eigenvalue weighted by Gasteiger charge is -2.34. The van der Waals surface area contributed by atoms with Crippen LogP contribution in [-0.4, -0.2) is 57.0 Å². The predicted molar refractivity (Wildman–Crippen MR) is 96.1 cm³/mol. The molecule has 8 heteroatoms. The van der Waals surface area contributed by atoms with Gasteiger partial charge in [0.15, 0.2) is 0 Å². The summed E-state index contributed by atoms with van der Waals surface area (Å²) in [4.78, 5) is 44.2. The van der Waals surface area contributed by atoms with Gasteiger partial charge in [-0.2, -0.15) is 0 Å². The summed E-state index contributed by atoms with van der Waals surface area (Å²) in [5.74, 6) is 0.125. The highest BCUT2D eigenvalue weighted by atomic mass is 16.3. The average molecular weight is 358 g/mol. The smallest absolute Gasteiger partial charge is 0.325 e. The first kappa shape index (κ1) is 17.9. The van der Waals surface area contributed by atoms with Crippen molar-refractivity contribution in [3.63, 3.8) is 0 Å². The third-order valence-corrected chi connectivity index (χ3v) is 4.62. The van der Waals surface area contributed by atoms with Gasteiger partial charge in [0.05, 0.1) is 6.42 Å². The summed E-state index contributed by atoms with van der Waals surface area (Å²) in [6.07, 6.45) is -0.0233. The van der Waals surface area contributed by atoms with E-state index in [1.807, 2.05) is 12.1 Å². The van der Waals surface area contributed by atoms with Gasteiger partial charge in [-0.25, -0.2) is 4.79 Å². The van der Waals surface area contributed by atoms with Crippen LogP contribution in [0.15, 0.2) is 33.9 Å². The van der Waals surface area contributed by atoms with E-state index >= 15 is 0 Å². The van der Waals surface area contributed by atoms with Crippen molar-refractivity contribution in [1.29, 1.82) is 0 Å². The van der Waals surface area contributed by atoms with E-state index in [4.69, 9.17) is 0 Å². The fourth-order valence-corrected chi connectivity index (χ4v) is 3.17. The molecule has 3 rings (SSSR count). The van der Waals surface area contributed by atoms with Crippen LogP contribution < -0.4 is 11.2 Å². The topological polar surface area (TPSA) is 109 Å². The van der Waals surface area contributed by atoms with Crippen molar-refractivity contribution in [3.05, 3.63) is 61.9 Å². The number of piperazine rings is 1. The summed E-state index contributed by atoms with van der Waals surface area (Å²) in [6.45, 7) is 4.95. The third kappa shape index (κ3) is 4.20. The molecule has 0 saturated carbocycles. The zero-order valence-corrected chi connectivity index (χ0v) is 14.6. The number of nitrogens with zero attached hydrogens (tertiary/aromatic N) is 2. The number of aromatic nitrogens is 2. The Bertz CT molecular complexity index is 910. The van der Waals surface area contributed by atoms with Gasteiger partial charge in [-0.05, 0) is 24.6 Å².